The summed E-state index contributed by atoms with van der Waals surface area (Å²) in [5, 5.41) is 10.9. The van der Waals surface area contributed by atoms with Gasteiger partial charge in [0.2, 0.25) is 0 Å². The van der Waals surface area contributed by atoms with E-state index < -0.39 is 8.72 Å². The summed E-state index contributed by atoms with van der Waals surface area (Å²) in [6.45, 7) is 14.6. The first-order valence-electron chi connectivity index (χ1n) is 15.7. The molecule has 0 amide bonds. The van der Waals surface area contributed by atoms with Crippen molar-refractivity contribution in [2.45, 2.75) is 141 Å². The fraction of sp³-hybridized carbons (Fsp3) is 0.933. The van der Waals surface area contributed by atoms with Crippen molar-refractivity contribution >= 4 is 8.72 Å². The van der Waals surface area contributed by atoms with E-state index in [1.54, 1.807) is 0 Å². The molecule has 2 heterocycles. The zero-order valence-corrected chi connectivity index (χ0v) is 25.3. The molecule has 0 aromatic carbocycles. The molecule has 0 aromatic heterocycles. The smallest absolute Gasteiger partial charge is 0.345 e. The Morgan fingerprint density at radius 1 is 0.541 bits per heavy atom. The van der Waals surface area contributed by atoms with E-state index in [9.17, 15) is 0 Å². The molecule has 204 valence electrons. The van der Waals surface area contributed by atoms with Gasteiger partial charge in [-0.05, 0) is 154 Å². The van der Waals surface area contributed by atoms with Gasteiger partial charge < -0.3 is 9.13 Å². The van der Waals surface area contributed by atoms with Crippen molar-refractivity contribution in [1.82, 2.24) is 18.5 Å². The van der Waals surface area contributed by atoms with Gasteiger partial charge in [-0.2, -0.15) is 0 Å². The summed E-state index contributed by atoms with van der Waals surface area (Å²) in [7, 11) is -2.74. The van der Waals surface area contributed by atoms with Crippen LogP contribution in [0.1, 0.15) is 119 Å². The highest BCUT2D eigenvalue weighted by Crippen LogP contribution is 2.64. The lowest BCUT2D eigenvalue weighted by molar-refractivity contribution is -0.0839. The SMILES string of the molecule is CC(C)(C)N1C=CN(C(C)(C)C)[Si]12N(C13CC4CC(CC(C4)C1)C3)N=NN2C12CC3CC(CC(C3)C1)C2. The maximum atomic E-state index is 5.45. The van der Waals surface area contributed by atoms with Gasteiger partial charge in [0.15, 0.2) is 0 Å². The van der Waals surface area contributed by atoms with E-state index in [4.69, 9.17) is 10.4 Å². The minimum atomic E-state index is -2.74. The van der Waals surface area contributed by atoms with Crippen LogP contribution < -0.4 is 0 Å². The second-order valence-electron chi connectivity index (χ2n) is 17.1. The average molecular weight is 523 g/mol. The van der Waals surface area contributed by atoms with Gasteiger partial charge in [-0.1, -0.05) is 10.4 Å². The van der Waals surface area contributed by atoms with Crippen LogP contribution in [0.15, 0.2) is 22.8 Å². The summed E-state index contributed by atoms with van der Waals surface area (Å²) in [6.07, 6.45) is 21.8. The maximum absolute atomic E-state index is 5.45. The number of hydrogen-bond acceptors (Lipinski definition) is 6. The monoisotopic (exact) mass is 522 g/mol. The highest BCUT2D eigenvalue weighted by Gasteiger charge is 2.76. The van der Waals surface area contributed by atoms with Crippen molar-refractivity contribution in [1.29, 1.82) is 0 Å². The van der Waals surface area contributed by atoms with Gasteiger partial charge in [0.05, 0.1) is 11.1 Å². The van der Waals surface area contributed by atoms with Gasteiger partial charge in [-0.25, -0.2) is 9.35 Å². The number of nitrogens with zero attached hydrogens (tertiary/aromatic N) is 6. The van der Waals surface area contributed by atoms with Crippen LogP contribution in [0.2, 0.25) is 0 Å². The number of rotatable bonds is 2. The van der Waals surface area contributed by atoms with Crippen molar-refractivity contribution < 1.29 is 0 Å². The van der Waals surface area contributed by atoms with E-state index >= 15 is 0 Å². The standard InChI is InChI=1S/C30H50N6Si/c1-27(2,3)33-7-8-34(28(4,5)6)37(33)35(29-15-21-9-22(16-29)11-23(10-21)17-29)31-32-36(37)30-18-24-12-25(19-30)14-26(13-24)20-30/h7-8,21-26H,9-20H2,1-6H3. The zero-order chi connectivity index (χ0) is 25.6. The van der Waals surface area contributed by atoms with Crippen LogP contribution in [0.5, 0.6) is 0 Å². The lowest BCUT2D eigenvalue weighted by Crippen LogP contribution is -2.86. The fourth-order valence-electron chi connectivity index (χ4n) is 12.0. The minimum absolute atomic E-state index is 0.0131. The van der Waals surface area contributed by atoms with Gasteiger partial charge in [0, 0.05) is 23.5 Å². The molecular weight excluding hydrogens is 472 g/mol. The van der Waals surface area contributed by atoms with Gasteiger partial charge in [0.25, 0.3) is 0 Å². The van der Waals surface area contributed by atoms with Gasteiger partial charge in [0.1, 0.15) is 0 Å². The Kier molecular flexibility index (Phi) is 4.53. The molecule has 10 rings (SSSR count). The Labute approximate surface area is 226 Å². The van der Waals surface area contributed by atoms with Crippen LogP contribution >= 0.6 is 0 Å². The van der Waals surface area contributed by atoms with Crippen LogP contribution in [-0.4, -0.2) is 49.4 Å². The molecule has 7 heteroatoms. The largest absolute Gasteiger partial charge is 0.539 e. The molecule has 10 aliphatic rings. The maximum Gasteiger partial charge on any atom is 0.539 e. The molecule has 8 aliphatic carbocycles. The number of hydrogen-bond donors (Lipinski definition) is 0. The third-order valence-electron chi connectivity index (χ3n) is 12.2. The van der Waals surface area contributed by atoms with Crippen LogP contribution in [0.4, 0.5) is 0 Å². The molecule has 0 saturated heterocycles. The molecule has 8 fully saturated rings. The van der Waals surface area contributed by atoms with E-state index in [1.165, 1.54) is 77.0 Å². The van der Waals surface area contributed by atoms with Crippen molar-refractivity contribution in [2.24, 2.45) is 46.0 Å². The lowest BCUT2D eigenvalue weighted by Gasteiger charge is -2.67. The quantitative estimate of drug-likeness (QED) is 0.368. The highest BCUT2D eigenvalue weighted by atomic mass is 28.4. The van der Waals surface area contributed by atoms with E-state index in [-0.39, 0.29) is 22.2 Å². The van der Waals surface area contributed by atoms with E-state index in [0.29, 0.717) is 0 Å². The van der Waals surface area contributed by atoms with E-state index in [0.717, 1.165) is 35.5 Å². The first kappa shape index (κ1) is 23.6. The first-order chi connectivity index (χ1) is 17.4. The summed E-state index contributed by atoms with van der Waals surface area (Å²) in [5.74, 6) is 5.43. The Morgan fingerprint density at radius 3 is 1.05 bits per heavy atom. The molecule has 8 bridgehead atoms. The van der Waals surface area contributed by atoms with E-state index in [2.05, 4.69) is 72.4 Å². The summed E-state index contributed by atoms with van der Waals surface area (Å²) in [6, 6.07) is 0. The van der Waals surface area contributed by atoms with Crippen LogP contribution in [0.3, 0.4) is 0 Å². The molecule has 37 heavy (non-hydrogen) atoms. The minimum Gasteiger partial charge on any atom is -0.345 e. The molecule has 2 aliphatic heterocycles. The summed E-state index contributed by atoms with van der Waals surface area (Å²) < 4.78 is 11.2. The molecule has 6 nitrogen and oxygen atoms in total. The summed E-state index contributed by atoms with van der Waals surface area (Å²) in [5.41, 5.74) is 0.416. The Morgan fingerprint density at radius 2 is 0.811 bits per heavy atom. The van der Waals surface area contributed by atoms with Crippen LogP contribution in [0.25, 0.3) is 0 Å². The van der Waals surface area contributed by atoms with Gasteiger partial charge >= 0.3 is 8.72 Å². The van der Waals surface area contributed by atoms with Gasteiger partial charge in [-0.3, -0.25) is 0 Å². The molecule has 1 spiro atoms. The molecule has 8 saturated carbocycles. The summed E-state index contributed by atoms with van der Waals surface area (Å²) >= 11 is 0. The Bertz CT molecular complexity index is 885. The molecule has 0 radical (unpaired) electrons. The average Bonchev–Trinajstić information content (AvgIpc) is 3.35. The third kappa shape index (κ3) is 3.04. The third-order valence-corrected chi connectivity index (χ3v) is 17.4. The predicted molar refractivity (Wildman–Crippen MR) is 148 cm³/mol. The van der Waals surface area contributed by atoms with Crippen LogP contribution in [0, 0.1) is 35.5 Å². The second kappa shape index (κ2) is 7.09. The highest BCUT2D eigenvalue weighted by molar-refractivity contribution is 6.71. The first-order valence-corrected chi connectivity index (χ1v) is 17.5. The van der Waals surface area contributed by atoms with Crippen molar-refractivity contribution in [2.75, 3.05) is 0 Å². The van der Waals surface area contributed by atoms with Crippen molar-refractivity contribution in [3.8, 4) is 0 Å². The predicted octanol–water partition coefficient (Wildman–Crippen LogP) is 6.95. The summed E-state index contributed by atoms with van der Waals surface area (Å²) in [4.78, 5) is 0. The second-order valence-corrected chi connectivity index (χ2v) is 20.1. The molecule has 0 N–H and O–H groups in total. The van der Waals surface area contributed by atoms with Crippen LogP contribution in [-0.2, 0) is 0 Å². The van der Waals surface area contributed by atoms with Crippen molar-refractivity contribution in [3.63, 3.8) is 0 Å². The van der Waals surface area contributed by atoms with Gasteiger partial charge in [-0.15, -0.1) is 0 Å². The lowest BCUT2D eigenvalue weighted by atomic mass is 9.53. The molecule has 0 unspecified atom stereocenters. The molecule has 0 atom stereocenters. The van der Waals surface area contributed by atoms with E-state index in [1.807, 2.05) is 0 Å². The fourth-order valence-corrected chi connectivity index (χ4v) is 17.7. The molecular formula is C30H50N6Si. The topological polar surface area (TPSA) is 37.7 Å². The Hall–Kier alpha value is -1.24. The zero-order valence-electron chi connectivity index (χ0n) is 24.3. The normalized spacial score (nSPS) is 47.0. The van der Waals surface area contributed by atoms with Crippen molar-refractivity contribution in [3.05, 3.63) is 12.4 Å². The molecule has 0 aromatic rings. The Balaban J connectivity index is 1.32.